The summed E-state index contributed by atoms with van der Waals surface area (Å²) in [7, 11) is 0. The van der Waals surface area contributed by atoms with Crippen LogP contribution in [-0.4, -0.2) is 18.2 Å². The van der Waals surface area contributed by atoms with E-state index < -0.39 is 0 Å². The summed E-state index contributed by atoms with van der Waals surface area (Å²) < 4.78 is 0. The van der Waals surface area contributed by atoms with Crippen molar-refractivity contribution in [2.75, 3.05) is 11.9 Å². The monoisotopic (exact) mass is 327 g/mol. The SMILES string of the molecule is CC(/C=C/c1ccccc1)=N\NC(=O)CNc1ccccc1Cl. The first-order chi connectivity index (χ1) is 11.1. The number of carbonyl (C=O) groups excluding carboxylic acids is 1. The minimum Gasteiger partial charge on any atom is -0.375 e. The van der Waals surface area contributed by atoms with Gasteiger partial charge in [-0.25, -0.2) is 5.43 Å². The molecule has 4 nitrogen and oxygen atoms in total. The zero-order valence-corrected chi connectivity index (χ0v) is 13.5. The smallest absolute Gasteiger partial charge is 0.259 e. The lowest BCUT2D eigenvalue weighted by atomic mass is 10.2. The number of allylic oxidation sites excluding steroid dienone is 1. The van der Waals surface area contributed by atoms with E-state index in [-0.39, 0.29) is 12.5 Å². The van der Waals surface area contributed by atoms with Crippen molar-refractivity contribution in [3.8, 4) is 0 Å². The van der Waals surface area contributed by atoms with Crippen molar-refractivity contribution < 1.29 is 4.79 Å². The van der Waals surface area contributed by atoms with Crippen molar-refractivity contribution in [2.45, 2.75) is 6.92 Å². The number of benzene rings is 2. The number of rotatable bonds is 6. The molecule has 0 aliphatic carbocycles. The van der Waals surface area contributed by atoms with Crippen LogP contribution in [0.2, 0.25) is 5.02 Å². The number of nitrogens with one attached hydrogen (secondary N) is 2. The molecule has 2 rings (SSSR count). The molecule has 1 amide bonds. The van der Waals surface area contributed by atoms with Crippen LogP contribution in [0.25, 0.3) is 6.08 Å². The summed E-state index contributed by atoms with van der Waals surface area (Å²) in [5.74, 6) is -0.239. The predicted octanol–water partition coefficient (Wildman–Crippen LogP) is 3.96. The minimum absolute atomic E-state index is 0.100. The summed E-state index contributed by atoms with van der Waals surface area (Å²) in [4.78, 5) is 11.8. The molecule has 0 radical (unpaired) electrons. The molecule has 0 unspecified atom stereocenters. The zero-order valence-electron chi connectivity index (χ0n) is 12.8. The number of para-hydroxylation sites is 1. The minimum atomic E-state index is -0.239. The Kier molecular flexibility index (Phi) is 6.39. The second-order valence-corrected chi connectivity index (χ2v) is 5.27. The molecule has 0 fully saturated rings. The van der Waals surface area contributed by atoms with Gasteiger partial charge in [0, 0.05) is 0 Å². The number of nitrogens with zero attached hydrogens (tertiary/aromatic N) is 1. The molecule has 118 valence electrons. The molecule has 2 aromatic carbocycles. The second-order valence-electron chi connectivity index (χ2n) is 4.87. The molecule has 0 saturated carbocycles. The van der Waals surface area contributed by atoms with Crippen molar-refractivity contribution in [2.24, 2.45) is 5.10 Å². The summed E-state index contributed by atoms with van der Waals surface area (Å²) >= 11 is 6.00. The number of hydrazone groups is 1. The van der Waals surface area contributed by atoms with E-state index in [1.54, 1.807) is 6.07 Å². The summed E-state index contributed by atoms with van der Waals surface area (Å²) in [6.45, 7) is 1.92. The van der Waals surface area contributed by atoms with Gasteiger partial charge < -0.3 is 5.32 Å². The normalized spacial score (nSPS) is 11.5. The van der Waals surface area contributed by atoms with Crippen LogP contribution < -0.4 is 10.7 Å². The van der Waals surface area contributed by atoms with Gasteiger partial charge in [0.15, 0.2) is 0 Å². The highest BCUT2D eigenvalue weighted by atomic mass is 35.5. The first-order valence-electron chi connectivity index (χ1n) is 7.20. The lowest BCUT2D eigenvalue weighted by Crippen LogP contribution is -2.26. The van der Waals surface area contributed by atoms with E-state index in [4.69, 9.17) is 11.6 Å². The Bertz CT molecular complexity index is 711. The van der Waals surface area contributed by atoms with Crippen molar-refractivity contribution >= 4 is 35.0 Å². The predicted molar refractivity (Wildman–Crippen MR) is 96.7 cm³/mol. The van der Waals surface area contributed by atoms with Gasteiger partial charge in [-0.15, -0.1) is 0 Å². The van der Waals surface area contributed by atoms with E-state index in [1.165, 1.54) is 0 Å². The maximum Gasteiger partial charge on any atom is 0.259 e. The standard InChI is InChI=1S/C18H18ClN3O/c1-14(11-12-15-7-3-2-4-8-15)21-22-18(23)13-20-17-10-6-5-9-16(17)19/h2-12,20H,13H2,1H3,(H,22,23)/b12-11+,21-14+. The van der Waals surface area contributed by atoms with Gasteiger partial charge in [-0.2, -0.15) is 5.10 Å². The van der Waals surface area contributed by atoms with Gasteiger partial charge in [0.1, 0.15) is 0 Å². The molecule has 0 aromatic heterocycles. The van der Waals surface area contributed by atoms with E-state index in [0.29, 0.717) is 16.4 Å². The van der Waals surface area contributed by atoms with Crippen LogP contribution in [0.4, 0.5) is 5.69 Å². The molecule has 5 heteroatoms. The van der Waals surface area contributed by atoms with Crippen molar-refractivity contribution in [1.82, 2.24) is 5.43 Å². The Morgan fingerprint density at radius 1 is 1.13 bits per heavy atom. The van der Waals surface area contributed by atoms with Crippen LogP contribution in [0.15, 0.2) is 65.8 Å². The fourth-order valence-corrected chi connectivity index (χ4v) is 1.99. The van der Waals surface area contributed by atoms with E-state index in [0.717, 1.165) is 5.56 Å². The van der Waals surface area contributed by atoms with Gasteiger partial charge in [-0.1, -0.05) is 60.1 Å². The second kappa shape index (κ2) is 8.76. The van der Waals surface area contributed by atoms with Crippen LogP contribution in [-0.2, 0) is 4.79 Å². The zero-order chi connectivity index (χ0) is 16.5. The molecular weight excluding hydrogens is 310 g/mol. The highest BCUT2D eigenvalue weighted by Crippen LogP contribution is 2.19. The number of halogens is 1. The van der Waals surface area contributed by atoms with Gasteiger partial charge >= 0.3 is 0 Å². The molecule has 0 aliphatic heterocycles. The molecule has 0 spiro atoms. The summed E-state index contributed by atoms with van der Waals surface area (Å²) in [5, 5.41) is 7.57. The summed E-state index contributed by atoms with van der Waals surface area (Å²) in [5.41, 5.74) is 5.00. The molecule has 23 heavy (non-hydrogen) atoms. The third-order valence-electron chi connectivity index (χ3n) is 2.99. The quantitative estimate of drug-likeness (QED) is 0.623. The maximum atomic E-state index is 11.8. The number of hydrogen-bond acceptors (Lipinski definition) is 3. The molecule has 2 N–H and O–H groups in total. The molecule has 0 saturated heterocycles. The molecule has 2 aromatic rings. The topological polar surface area (TPSA) is 53.5 Å². The number of carbonyl (C=O) groups is 1. The van der Waals surface area contributed by atoms with Gasteiger partial charge in [-0.05, 0) is 30.7 Å². The lowest BCUT2D eigenvalue weighted by Gasteiger charge is -2.06. The lowest BCUT2D eigenvalue weighted by molar-refractivity contribution is -0.119. The number of amides is 1. The van der Waals surface area contributed by atoms with Crippen LogP contribution in [0.3, 0.4) is 0 Å². The fraction of sp³-hybridized carbons (Fsp3) is 0.111. The van der Waals surface area contributed by atoms with Crippen molar-refractivity contribution in [1.29, 1.82) is 0 Å². The third-order valence-corrected chi connectivity index (χ3v) is 3.32. The number of anilines is 1. The maximum absolute atomic E-state index is 11.8. The summed E-state index contributed by atoms with van der Waals surface area (Å²) in [6, 6.07) is 17.1. The molecule has 0 atom stereocenters. The Balaban J connectivity index is 1.81. The Morgan fingerprint density at radius 3 is 2.57 bits per heavy atom. The van der Waals surface area contributed by atoms with Crippen LogP contribution in [0.1, 0.15) is 12.5 Å². The van der Waals surface area contributed by atoms with Crippen LogP contribution in [0, 0.1) is 0 Å². The third kappa shape index (κ3) is 5.96. The van der Waals surface area contributed by atoms with Gasteiger partial charge in [-0.3, -0.25) is 4.79 Å². The van der Waals surface area contributed by atoms with Crippen molar-refractivity contribution in [3.63, 3.8) is 0 Å². The van der Waals surface area contributed by atoms with Crippen LogP contribution >= 0.6 is 11.6 Å². The number of hydrogen-bond donors (Lipinski definition) is 2. The average Bonchev–Trinajstić information content (AvgIpc) is 2.58. The van der Waals surface area contributed by atoms with E-state index in [2.05, 4.69) is 15.8 Å². The molecule has 0 aliphatic rings. The van der Waals surface area contributed by atoms with Crippen LogP contribution in [0.5, 0.6) is 0 Å². The highest BCUT2D eigenvalue weighted by Gasteiger charge is 2.02. The fourth-order valence-electron chi connectivity index (χ4n) is 1.79. The molecule has 0 bridgehead atoms. The largest absolute Gasteiger partial charge is 0.375 e. The first kappa shape index (κ1) is 16.8. The molecule has 0 heterocycles. The van der Waals surface area contributed by atoms with E-state index in [9.17, 15) is 4.79 Å². The van der Waals surface area contributed by atoms with Crippen molar-refractivity contribution in [3.05, 3.63) is 71.3 Å². The summed E-state index contributed by atoms with van der Waals surface area (Å²) in [6.07, 6.45) is 3.78. The highest BCUT2D eigenvalue weighted by molar-refractivity contribution is 6.33. The first-order valence-corrected chi connectivity index (χ1v) is 7.57. The Hall–Kier alpha value is -2.59. The average molecular weight is 328 g/mol. The van der Waals surface area contributed by atoms with E-state index in [1.807, 2.05) is 67.6 Å². The van der Waals surface area contributed by atoms with Gasteiger partial charge in [0.05, 0.1) is 23.0 Å². The Labute approximate surface area is 140 Å². The Morgan fingerprint density at radius 2 is 1.83 bits per heavy atom. The molecular formula is C18H18ClN3O. The van der Waals surface area contributed by atoms with Gasteiger partial charge in [0.2, 0.25) is 0 Å². The van der Waals surface area contributed by atoms with E-state index >= 15 is 0 Å². The van der Waals surface area contributed by atoms with Gasteiger partial charge in [0.25, 0.3) is 5.91 Å².